The van der Waals surface area contributed by atoms with Gasteiger partial charge in [0.05, 0.1) is 5.56 Å². The summed E-state index contributed by atoms with van der Waals surface area (Å²) in [5, 5.41) is 9.02. The van der Waals surface area contributed by atoms with Crippen molar-refractivity contribution in [2.24, 2.45) is 0 Å². The molecule has 98 valence electrons. The Labute approximate surface area is 111 Å². The zero-order valence-electron chi connectivity index (χ0n) is 10.7. The summed E-state index contributed by atoms with van der Waals surface area (Å²) < 4.78 is 2.09. The quantitative estimate of drug-likeness (QED) is 0.915. The molecule has 0 atom stereocenters. The maximum atomic E-state index is 11.0. The van der Waals surface area contributed by atoms with Gasteiger partial charge in [0.2, 0.25) is 5.95 Å². The molecule has 0 saturated heterocycles. The molecule has 0 fully saturated rings. The van der Waals surface area contributed by atoms with Crippen LogP contribution in [0.2, 0.25) is 0 Å². The molecule has 1 aromatic carbocycles. The van der Waals surface area contributed by atoms with Crippen LogP contribution in [0.5, 0.6) is 0 Å². The summed E-state index contributed by atoms with van der Waals surface area (Å²) in [6, 6.07) is 5.33. The molecule has 2 aromatic rings. The second-order valence-electron chi connectivity index (χ2n) is 4.66. The van der Waals surface area contributed by atoms with Crippen molar-refractivity contribution >= 4 is 11.9 Å². The van der Waals surface area contributed by atoms with Gasteiger partial charge in [-0.15, -0.1) is 0 Å². The Balaban J connectivity index is 1.90. The third kappa shape index (κ3) is 1.97. The summed E-state index contributed by atoms with van der Waals surface area (Å²) >= 11 is 0. The van der Waals surface area contributed by atoms with Crippen LogP contribution in [0.25, 0.3) is 0 Å². The maximum absolute atomic E-state index is 11.0. The van der Waals surface area contributed by atoms with Gasteiger partial charge in [-0.1, -0.05) is 6.07 Å². The molecule has 0 bridgehead atoms. The van der Waals surface area contributed by atoms with E-state index in [2.05, 4.69) is 21.4 Å². The Morgan fingerprint density at radius 2 is 2.16 bits per heavy atom. The molecule has 0 aliphatic carbocycles. The largest absolute Gasteiger partial charge is 0.478 e. The molecule has 1 aromatic heterocycles. The Morgan fingerprint density at radius 3 is 2.89 bits per heavy atom. The number of hydrogen-bond acceptors (Lipinski definition) is 3. The van der Waals surface area contributed by atoms with Crippen molar-refractivity contribution in [3.63, 3.8) is 0 Å². The zero-order chi connectivity index (χ0) is 13.4. The first-order valence-corrected chi connectivity index (χ1v) is 6.30. The lowest BCUT2D eigenvalue weighted by molar-refractivity contribution is 0.0697. The minimum absolute atomic E-state index is 0.347. The average Bonchev–Trinajstić information content (AvgIpc) is 3.03. The van der Waals surface area contributed by atoms with Crippen molar-refractivity contribution in [3.8, 4) is 0 Å². The molecule has 0 spiro atoms. The highest BCUT2D eigenvalue weighted by atomic mass is 16.4. The Bertz CT molecular complexity index is 633. The lowest BCUT2D eigenvalue weighted by Crippen LogP contribution is -2.19. The van der Waals surface area contributed by atoms with E-state index >= 15 is 0 Å². The van der Waals surface area contributed by atoms with Crippen molar-refractivity contribution in [1.29, 1.82) is 0 Å². The van der Waals surface area contributed by atoms with Crippen LogP contribution in [0.3, 0.4) is 0 Å². The second-order valence-corrected chi connectivity index (χ2v) is 4.66. The first-order chi connectivity index (χ1) is 9.19. The van der Waals surface area contributed by atoms with Gasteiger partial charge in [0.1, 0.15) is 0 Å². The molecular weight excluding hydrogens is 242 g/mol. The Morgan fingerprint density at radius 1 is 1.37 bits per heavy atom. The van der Waals surface area contributed by atoms with Gasteiger partial charge in [-0.2, -0.15) is 0 Å². The highest BCUT2D eigenvalue weighted by Gasteiger charge is 2.23. The Hall–Kier alpha value is -2.30. The molecule has 5 nitrogen and oxygen atoms in total. The van der Waals surface area contributed by atoms with E-state index in [4.69, 9.17) is 5.11 Å². The molecule has 1 aliphatic rings. The van der Waals surface area contributed by atoms with Gasteiger partial charge in [0, 0.05) is 32.0 Å². The molecular formula is C14H15N3O2. The van der Waals surface area contributed by atoms with E-state index in [1.54, 1.807) is 18.3 Å². The standard InChI is InChI=1S/C14H15N3O2/c1-2-16-6-5-15-14(16)17-8-11-4-3-10(13(18)19)7-12(11)9-17/h3-7H,2,8-9H2,1H3,(H,18,19). The van der Waals surface area contributed by atoms with Gasteiger partial charge in [-0.05, 0) is 30.2 Å². The van der Waals surface area contributed by atoms with E-state index in [0.717, 1.165) is 24.6 Å². The van der Waals surface area contributed by atoms with Gasteiger partial charge in [0.15, 0.2) is 0 Å². The summed E-state index contributed by atoms with van der Waals surface area (Å²) in [7, 11) is 0. The number of aromatic nitrogens is 2. The third-order valence-corrected chi connectivity index (χ3v) is 3.49. The van der Waals surface area contributed by atoms with Gasteiger partial charge >= 0.3 is 5.97 Å². The van der Waals surface area contributed by atoms with Crippen LogP contribution < -0.4 is 4.90 Å². The normalized spacial score (nSPS) is 13.6. The monoisotopic (exact) mass is 257 g/mol. The minimum Gasteiger partial charge on any atom is -0.478 e. The summed E-state index contributed by atoms with van der Waals surface area (Å²) in [6.45, 7) is 4.46. The number of carboxylic acid groups (broad SMARTS) is 1. The number of imidazole rings is 1. The van der Waals surface area contributed by atoms with Gasteiger partial charge < -0.3 is 14.6 Å². The molecule has 19 heavy (non-hydrogen) atoms. The van der Waals surface area contributed by atoms with Crippen LogP contribution in [0.4, 0.5) is 5.95 Å². The predicted molar refractivity (Wildman–Crippen MR) is 71.2 cm³/mol. The van der Waals surface area contributed by atoms with Crippen LogP contribution in [-0.4, -0.2) is 20.6 Å². The number of aromatic carboxylic acids is 1. The fourth-order valence-electron chi connectivity index (χ4n) is 2.50. The fraction of sp³-hybridized carbons (Fsp3) is 0.286. The van der Waals surface area contributed by atoms with Crippen molar-refractivity contribution < 1.29 is 9.90 Å². The molecule has 1 N–H and O–H groups in total. The van der Waals surface area contributed by atoms with E-state index in [1.165, 1.54) is 5.56 Å². The zero-order valence-corrected chi connectivity index (χ0v) is 10.7. The van der Waals surface area contributed by atoms with E-state index in [-0.39, 0.29) is 0 Å². The molecule has 1 aliphatic heterocycles. The van der Waals surface area contributed by atoms with Gasteiger partial charge in [-0.3, -0.25) is 0 Å². The van der Waals surface area contributed by atoms with Crippen molar-refractivity contribution in [2.75, 3.05) is 4.90 Å². The number of nitrogens with zero attached hydrogens (tertiary/aromatic N) is 3. The molecule has 5 heteroatoms. The second kappa shape index (κ2) is 4.42. The number of carbonyl (C=O) groups is 1. The molecule has 3 rings (SSSR count). The molecule has 2 heterocycles. The van der Waals surface area contributed by atoms with Crippen LogP contribution >= 0.6 is 0 Å². The van der Waals surface area contributed by atoms with Crippen molar-refractivity contribution in [2.45, 2.75) is 26.6 Å². The summed E-state index contributed by atoms with van der Waals surface area (Å²) in [6.07, 6.45) is 3.76. The number of hydrogen-bond donors (Lipinski definition) is 1. The minimum atomic E-state index is -0.878. The predicted octanol–water partition coefficient (Wildman–Crippen LogP) is 2.12. The average molecular weight is 257 g/mol. The smallest absolute Gasteiger partial charge is 0.335 e. The lowest BCUT2D eigenvalue weighted by atomic mass is 10.1. The SMILES string of the molecule is CCn1ccnc1N1Cc2ccc(C(=O)O)cc2C1. The topological polar surface area (TPSA) is 58.4 Å². The number of carboxylic acids is 1. The van der Waals surface area contributed by atoms with Gasteiger partial charge in [0.25, 0.3) is 0 Å². The van der Waals surface area contributed by atoms with Crippen LogP contribution in [-0.2, 0) is 19.6 Å². The highest BCUT2D eigenvalue weighted by Crippen LogP contribution is 2.27. The van der Waals surface area contributed by atoms with Crippen molar-refractivity contribution in [1.82, 2.24) is 9.55 Å². The molecule has 0 unspecified atom stereocenters. The maximum Gasteiger partial charge on any atom is 0.335 e. The molecule has 0 saturated carbocycles. The first kappa shape index (κ1) is 11.8. The van der Waals surface area contributed by atoms with E-state index in [0.29, 0.717) is 12.1 Å². The Kier molecular flexibility index (Phi) is 2.74. The summed E-state index contributed by atoms with van der Waals surface area (Å²) in [4.78, 5) is 17.5. The number of rotatable bonds is 3. The van der Waals surface area contributed by atoms with Crippen molar-refractivity contribution in [3.05, 3.63) is 47.3 Å². The molecule has 0 radical (unpaired) electrons. The van der Waals surface area contributed by atoms with Crippen LogP contribution in [0.15, 0.2) is 30.6 Å². The highest BCUT2D eigenvalue weighted by molar-refractivity contribution is 5.88. The van der Waals surface area contributed by atoms with E-state index < -0.39 is 5.97 Å². The van der Waals surface area contributed by atoms with Gasteiger partial charge in [-0.25, -0.2) is 9.78 Å². The number of aryl methyl sites for hydroxylation is 1. The third-order valence-electron chi connectivity index (χ3n) is 3.49. The van der Waals surface area contributed by atoms with E-state index in [1.807, 2.05) is 12.3 Å². The summed E-state index contributed by atoms with van der Waals surface area (Å²) in [5.74, 6) is 0.0619. The number of benzene rings is 1. The first-order valence-electron chi connectivity index (χ1n) is 6.30. The van der Waals surface area contributed by atoms with E-state index in [9.17, 15) is 4.79 Å². The molecule has 0 amide bonds. The van der Waals surface area contributed by atoms with Crippen LogP contribution in [0, 0.1) is 0 Å². The number of anilines is 1. The lowest BCUT2D eigenvalue weighted by Gasteiger charge is -2.17. The fourth-order valence-corrected chi connectivity index (χ4v) is 2.50. The van der Waals surface area contributed by atoms with Crippen LogP contribution in [0.1, 0.15) is 28.4 Å². The summed E-state index contributed by atoms with van der Waals surface area (Å²) in [5.41, 5.74) is 2.60. The number of fused-ring (bicyclic) bond motifs is 1.